The summed E-state index contributed by atoms with van der Waals surface area (Å²) in [6.07, 6.45) is 8.11. The summed E-state index contributed by atoms with van der Waals surface area (Å²) in [5, 5.41) is 0.947. The van der Waals surface area contributed by atoms with Gasteiger partial charge < -0.3 is 0 Å². The molecule has 1 heterocycles. The summed E-state index contributed by atoms with van der Waals surface area (Å²) in [5.74, 6) is 0.298. The van der Waals surface area contributed by atoms with Crippen LogP contribution in [0.15, 0.2) is 35.9 Å². The van der Waals surface area contributed by atoms with Crippen LogP contribution in [0.1, 0.15) is 37.1 Å². The fourth-order valence-electron chi connectivity index (χ4n) is 2.55. The first-order valence-corrected chi connectivity index (χ1v) is 7.67. The lowest BCUT2D eigenvalue weighted by atomic mass is 9.95. The molecule has 3 heteroatoms. The van der Waals surface area contributed by atoms with Gasteiger partial charge in [0.05, 0.1) is 16.6 Å². The molecule has 0 atom stereocenters. The highest BCUT2D eigenvalue weighted by atomic mass is 32.1. The molecule has 3 rings (SSSR count). The van der Waals surface area contributed by atoms with Crippen LogP contribution in [0.2, 0.25) is 0 Å². The number of aromatic nitrogens is 1. The Morgan fingerprint density at radius 3 is 2.89 bits per heavy atom. The molecule has 0 saturated carbocycles. The van der Waals surface area contributed by atoms with Crippen molar-refractivity contribution in [3.63, 3.8) is 0 Å². The number of carbonyl (C=O) groups excluding carboxylic acids is 1. The van der Waals surface area contributed by atoms with Crippen molar-refractivity contribution in [3.8, 4) is 0 Å². The second kappa shape index (κ2) is 5.66. The Bertz CT molecular complexity index is 593. The molecule has 0 saturated heterocycles. The van der Waals surface area contributed by atoms with E-state index in [1.54, 1.807) is 11.3 Å². The van der Waals surface area contributed by atoms with Crippen LogP contribution in [0.25, 0.3) is 10.2 Å². The highest BCUT2D eigenvalue weighted by Crippen LogP contribution is 2.24. The van der Waals surface area contributed by atoms with Gasteiger partial charge in [-0.3, -0.25) is 4.79 Å². The van der Waals surface area contributed by atoms with Crippen LogP contribution in [0.3, 0.4) is 0 Å². The maximum absolute atomic E-state index is 12.1. The molecule has 1 aliphatic rings. The molecule has 98 valence electrons. The molecule has 0 spiro atoms. The number of rotatable bonds is 4. The maximum atomic E-state index is 12.1. The van der Waals surface area contributed by atoms with E-state index in [-0.39, 0.29) is 0 Å². The quantitative estimate of drug-likeness (QED) is 0.776. The Kier molecular flexibility index (Phi) is 3.74. The molecule has 0 unspecified atom stereocenters. The summed E-state index contributed by atoms with van der Waals surface area (Å²) >= 11 is 1.64. The summed E-state index contributed by atoms with van der Waals surface area (Å²) < 4.78 is 1.17. The summed E-state index contributed by atoms with van der Waals surface area (Å²) in [5.41, 5.74) is 2.34. The van der Waals surface area contributed by atoms with Gasteiger partial charge in [-0.05, 0) is 37.8 Å². The number of benzene rings is 1. The Morgan fingerprint density at radius 2 is 2.11 bits per heavy atom. The van der Waals surface area contributed by atoms with Gasteiger partial charge in [-0.1, -0.05) is 23.8 Å². The molecule has 19 heavy (non-hydrogen) atoms. The third kappa shape index (κ3) is 3.10. The Balaban J connectivity index is 1.67. The van der Waals surface area contributed by atoms with Crippen LogP contribution in [0.4, 0.5) is 0 Å². The lowest BCUT2D eigenvalue weighted by molar-refractivity contribution is -0.117. The summed E-state index contributed by atoms with van der Waals surface area (Å²) in [4.78, 5) is 16.6. The van der Waals surface area contributed by atoms with Gasteiger partial charge in [0.2, 0.25) is 0 Å². The summed E-state index contributed by atoms with van der Waals surface area (Å²) in [7, 11) is 0. The van der Waals surface area contributed by atoms with Gasteiger partial charge >= 0.3 is 0 Å². The van der Waals surface area contributed by atoms with Gasteiger partial charge in [-0.15, -0.1) is 11.3 Å². The number of hydrogen-bond donors (Lipinski definition) is 0. The van der Waals surface area contributed by atoms with E-state index in [4.69, 9.17) is 0 Å². The zero-order valence-electron chi connectivity index (χ0n) is 10.9. The molecule has 0 radical (unpaired) electrons. The first-order chi connectivity index (χ1) is 9.31. The van der Waals surface area contributed by atoms with E-state index in [0.29, 0.717) is 18.6 Å². The van der Waals surface area contributed by atoms with Crippen LogP contribution in [0.5, 0.6) is 0 Å². The van der Waals surface area contributed by atoms with Gasteiger partial charge in [0, 0.05) is 6.42 Å². The number of carbonyl (C=O) groups is 1. The summed E-state index contributed by atoms with van der Waals surface area (Å²) in [6, 6.07) is 8.06. The number of Topliss-reactive ketones (excluding diaryl/α,β-unsaturated/α-hetero) is 1. The first kappa shape index (κ1) is 12.5. The third-order valence-electron chi connectivity index (χ3n) is 3.50. The lowest BCUT2D eigenvalue weighted by Crippen LogP contribution is -2.05. The van der Waals surface area contributed by atoms with Crippen molar-refractivity contribution in [2.45, 2.75) is 38.5 Å². The SMILES string of the molecule is O=C(CC1=CCCCC1)Cc1nc2ccccc2s1. The highest BCUT2D eigenvalue weighted by Gasteiger charge is 2.12. The molecule has 0 fully saturated rings. The molecule has 1 aromatic heterocycles. The average Bonchev–Trinajstić information content (AvgIpc) is 2.81. The van der Waals surface area contributed by atoms with E-state index in [1.807, 2.05) is 18.2 Å². The van der Waals surface area contributed by atoms with E-state index < -0.39 is 0 Å². The number of hydrogen-bond acceptors (Lipinski definition) is 3. The number of ketones is 1. The molecule has 0 bridgehead atoms. The van der Waals surface area contributed by atoms with Crippen molar-refractivity contribution in [1.82, 2.24) is 4.98 Å². The van der Waals surface area contributed by atoms with Crippen molar-refractivity contribution in [3.05, 3.63) is 40.9 Å². The molecule has 1 aliphatic carbocycles. The maximum Gasteiger partial charge on any atom is 0.143 e. The van der Waals surface area contributed by atoms with Gasteiger partial charge in [0.1, 0.15) is 10.8 Å². The van der Waals surface area contributed by atoms with E-state index in [9.17, 15) is 4.79 Å². The number of allylic oxidation sites excluding steroid dienone is 2. The van der Waals surface area contributed by atoms with Gasteiger partial charge in [-0.2, -0.15) is 0 Å². The Morgan fingerprint density at radius 1 is 1.21 bits per heavy atom. The topological polar surface area (TPSA) is 30.0 Å². The Hall–Kier alpha value is -1.48. The molecule has 0 amide bonds. The van der Waals surface area contributed by atoms with Crippen LogP contribution >= 0.6 is 11.3 Å². The van der Waals surface area contributed by atoms with Crippen molar-refractivity contribution in [2.24, 2.45) is 0 Å². The van der Waals surface area contributed by atoms with Crippen molar-refractivity contribution in [2.75, 3.05) is 0 Å². The number of nitrogens with zero attached hydrogens (tertiary/aromatic N) is 1. The van der Waals surface area contributed by atoms with Gasteiger partial charge in [0.15, 0.2) is 0 Å². The molecule has 0 N–H and O–H groups in total. The van der Waals surface area contributed by atoms with Crippen molar-refractivity contribution < 1.29 is 4.79 Å². The van der Waals surface area contributed by atoms with Gasteiger partial charge in [0.25, 0.3) is 0 Å². The smallest absolute Gasteiger partial charge is 0.143 e. The van der Waals surface area contributed by atoms with Crippen LogP contribution in [-0.2, 0) is 11.2 Å². The van der Waals surface area contributed by atoms with Crippen molar-refractivity contribution >= 4 is 27.3 Å². The molecular weight excluding hydrogens is 254 g/mol. The molecule has 2 nitrogen and oxygen atoms in total. The minimum absolute atomic E-state index is 0.298. The largest absolute Gasteiger partial charge is 0.299 e. The van der Waals surface area contributed by atoms with Crippen LogP contribution in [0, 0.1) is 0 Å². The standard InChI is InChI=1S/C16H17NOS/c18-13(10-12-6-2-1-3-7-12)11-16-17-14-8-4-5-9-15(14)19-16/h4-6,8-9H,1-3,7,10-11H2. The van der Waals surface area contributed by atoms with E-state index in [0.717, 1.165) is 23.4 Å². The van der Waals surface area contributed by atoms with E-state index in [2.05, 4.69) is 17.1 Å². The number of thiazole rings is 1. The second-order valence-corrected chi connectivity index (χ2v) is 6.19. The van der Waals surface area contributed by atoms with Crippen LogP contribution < -0.4 is 0 Å². The number of fused-ring (bicyclic) bond motifs is 1. The average molecular weight is 271 g/mol. The van der Waals surface area contributed by atoms with Gasteiger partial charge in [-0.25, -0.2) is 4.98 Å². The first-order valence-electron chi connectivity index (χ1n) is 6.85. The predicted octanol–water partition coefficient (Wildman–Crippen LogP) is 4.30. The molecule has 1 aromatic carbocycles. The highest BCUT2D eigenvalue weighted by molar-refractivity contribution is 7.18. The minimum Gasteiger partial charge on any atom is -0.299 e. The fraction of sp³-hybridized carbons (Fsp3) is 0.375. The lowest BCUT2D eigenvalue weighted by Gasteiger charge is -2.11. The van der Waals surface area contributed by atoms with Crippen LogP contribution in [-0.4, -0.2) is 10.8 Å². The normalized spacial score (nSPS) is 15.5. The second-order valence-electron chi connectivity index (χ2n) is 5.08. The third-order valence-corrected chi connectivity index (χ3v) is 4.53. The fourth-order valence-corrected chi connectivity index (χ4v) is 3.54. The molecule has 2 aromatic rings. The van der Waals surface area contributed by atoms with E-state index >= 15 is 0 Å². The molecular formula is C16H17NOS. The minimum atomic E-state index is 0.298. The predicted molar refractivity (Wildman–Crippen MR) is 79.5 cm³/mol. The molecule has 0 aliphatic heterocycles. The zero-order valence-corrected chi connectivity index (χ0v) is 11.7. The number of para-hydroxylation sites is 1. The zero-order chi connectivity index (χ0) is 13.1. The van der Waals surface area contributed by atoms with E-state index in [1.165, 1.54) is 23.1 Å². The Labute approximate surface area is 117 Å². The van der Waals surface area contributed by atoms with Crippen molar-refractivity contribution in [1.29, 1.82) is 0 Å². The monoisotopic (exact) mass is 271 g/mol. The summed E-state index contributed by atoms with van der Waals surface area (Å²) in [6.45, 7) is 0.